The van der Waals surface area contributed by atoms with E-state index in [2.05, 4.69) is 4.98 Å². The first-order valence-corrected chi connectivity index (χ1v) is 12.6. The van der Waals surface area contributed by atoms with Crippen LogP contribution in [0.3, 0.4) is 0 Å². The third-order valence-electron chi connectivity index (χ3n) is 5.09. The molecule has 3 aromatic carbocycles. The van der Waals surface area contributed by atoms with Crippen molar-refractivity contribution in [3.63, 3.8) is 0 Å². The summed E-state index contributed by atoms with van der Waals surface area (Å²) in [6.45, 7) is 1.89. The quantitative estimate of drug-likeness (QED) is 0.383. The molecular formula is C24H21FN2O3S2. The number of aromatic nitrogens is 1. The first kappa shape index (κ1) is 22.1. The summed E-state index contributed by atoms with van der Waals surface area (Å²) in [6, 6.07) is 20.6. The Bertz CT molecular complexity index is 1350. The average Bonchev–Trinajstić information content (AvgIpc) is 3.24. The maximum Gasteiger partial charge on any atom is 0.233 e. The van der Waals surface area contributed by atoms with Crippen LogP contribution in [0.15, 0.2) is 77.7 Å². The van der Waals surface area contributed by atoms with E-state index in [0.29, 0.717) is 21.9 Å². The van der Waals surface area contributed by atoms with Gasteiger partial charge in [0.1, 0.15) is 11.3 Å². The number of amides is 1. The van der Waals surface area contributed by atoms with Gasteiger partial charge in [-0.05, 0) is 35.4 Å². The number of halogens is 1. The molecule has 0 radical (unpaired) electrons. The molecule has 0 spiro atoms. The summed E-state index contributed by atoms with van der Waals surface area (Å²) >= 11 is 1.26. The number of nitrogens with zero attached hydrogens (tertiary/aromatic N) is 2. The number of carbonyl (C=O) groups excluding carboxylic acids is 1. The van der Waals surface area contributed by atoms with E-state index in [4.69, 9.17) is 0 Å². The Morgan fingerprint density at radius 3 is 2.34 bits per heavy atom. The molecular weight excluding hydrogens is 447 g/mol. The second kappa shape index (κ2) is 9.18. The highest BCUT2D eigenvalue weighted by Crippen LogP contribution is 2.31. The molecule has 0 aliphatic heterocycles. The highest BCUT2D eigenvalue weighted by atomic mass is 32.2. The first-order chi connectivity index (χ1) is 15.4. The second-order valence-electron chi connectivity index (χ2n) is 7.27. The van der Waals surface area contributed by atoms with Crippen molar-refractivity contribution in [2.24, 2.45) is 0 Å². The molecule has 0 aliphatic carbocycles. The maximum atomic E-state index is 14.2. The van der Waals surface area contributed by atoms with Crippen molar-refractivity contribution in [2.75, 3.05) is 10.7 Å². The lowest BCUT2D eigenvalue weighted by atomic mass is 10.1. The van der Waals surface area contributed by atoms with Crippen LogP contribution >= 0.6 is 11.3 Å². The van der Waals surface area contributed by atoms with Crippen LogP contribution in [0, 0.1) is 5.82 Å². The second-order valence-corrected chi connectivity index (χ2v) is 10.6. The van der Waals surface area contributed by atoms with Crippen molar-refractivity contribution < 1.29 is 17.6 Å². The van der Waals surface area contributed by atoms with Gasteiger partial charge < -0.3 is 0 Å². The van der Waals surface area contributed by atoms with Gasteiger partial charge in [-0.15, -0.1) is 0 Å². The van der Waals surface area contributed by atoms with Crippen LogP contribution < -0.4 is 4.90 Å². The fourth-order valence-electron chi connectivity index (χ4n) is 3.30. The minimum atomic E-state index is -3.30. The van der Waals surface area contributed by atoms with Crippen molar-refractivity contribution in [1.29, 1.82) is 0 Å². The Labute approximate surface area is 190 Å². The largest absolute Gasteiger partial charge is 0.283 e. The van der Waals surface area contributed by atoms with Crippen molar-refractivity contribution in [1.82, 2.24) is 4.98 Å². The van der Waals surface area contributed by atoms with Gasteiger partial charge >= 0.3 is 0 Å². The molecule has 32 heavy (non-hydrogen) atoms. The number of para-hydroxylation sites is 1. The number of hydrogen-bond acceptors (Lipinski definition) is 5. The summed E-state index contributed by atoms with van der Waals surface area (Å²) in [5, 5.41) is 0.420. The molecule has 1 heterocycles. The SMILES string of the molecule is CCS(=O)(=O)c1ccc(CC(=O)N(Cc2ccccc2)c2nc3c(F)cccc3s2)cc1. The normalized spacial score (nSPS) is 11.6. The van der Waals surface area contributed by atoms with Crippen LogP contribution in [0.2, 0.25) is 0 Å². The van der Waals surface area contributed by atoms with Crippen LogP contribution in [-0.2, 0) is 27.6 Å². The van der Waals surface area contributed by atoms with Crippen LogP contribution in [0.4, 0.5) is 9.52 Å². The van der Waals surface area contributed by atoms with Gasteiger partial charge in [-0.3, -0.25) is 9.69 Å². The number of rotatable bonds is 7. The smallest absolute Gasteiger partial charge is 0.233 e. The zero-order valence-electron chi connectivity index (χ0n) is 17.4. The van der Waals surface area contributed by atoms with Gasteiger partial charge in [0.2, 0.25) is 5.91 Å². The Morgan fingerprint density at radius 2 is 1.69 bits per heavy atom. The van der Waals surface area contributed by atoms with E-state index in [1.54, 1.807) is 36.1 Å². The van der Waals surface area contributed by atoms with E-state index in [1.807, 2.05) is 30.3 Å². The van der Waals surface area contributed by atoms with Gasteiger partial charge in [0.05, 0.1) is 28.3 Å². The fraction of sp³-hybridized carbons (Fsp3) is 0.167. The molecule has 1 amide bonds. The van der Waals surface area contributed by atoms with E-state index in [1.165, 1.54) is 29.5 Å². The minimum absolute atomic E-state index is 0.0182. The van der Waals surface area contributed by atoms with E-state index in [0.717, 1.165) is 5.56 Å². The number of fused-ring (bicyclic) bond motifs is 1. The zero-order chi connectivity index (χ0) is 22.7. The van der Waals surface area contributed by atoms with E-state index in [9.17, 15) is 17.6 Å². The van der Waals surface area contributed by atoms with E-state index >= 15 is 0 Å². The van der Waals surface area contributed by atoms with Crippen molar-refractivity contribution in [3.8, 4) is 0 Å². The fourth-order valence-corrected chi connectivity index (χ4v) is 5.18. The molecule has 0 saturated heterocycles. The van der Waals surface area contributed by atoms with Crippen molar-refractivity contribution in [3.05, 3.63) is 89.7 Å². The number of sulfone groups is 1. The molecule has 0 bridgehead atoms. The summed E-state index contributed by atoms with van der Waals surface area (Å²) in [5.41, 5.74) is 1.85. The molecule has 0 atom stereocenters. The van der Waals surface area contributed by atoms with Crippen LogP contribution in [0.5, 0.6) is 0 Å². The number of anilines is 1. The molecule has 4 aromatic rings. The monoisotopic (exact) mass is 468 g/mol. The molecule has 4 rings (SSSR count). The molecule has 0 unspecified atom stereocenters. The first-order valence-electron chi connectivity index (χ1n) is 10.1. The highest BCUT2D eigenvalue weighted by Gasteiger charge is 2.22. The predicted octanol–water partition coefficient (Wildman–Crippen LogP) is 5.00. The maximum absolute atomic E-state index is 14.2. The summed E-state index contributed by atoms with van der Waals surface area (Å²) in [5.74, 6) is -0.617. The van der Waals surface area contributed by atoms with Crippen molar-refractivity contribution >= 4 is 42.4 Å². The van der Waals surface area contributed by atoms with Crippen LogP contribution in [-0.4, -0.2) is 25.1 Å². The van der Waals surface area contributed by atoms with Gasteiger partial charge in [-0.2, -0.15) is 0 Å². The van der Waals surface area contributed by atoms with Gasteiger partial charge in [-0.1, -0.05) is 66.8 Å². The van der Waals surface area contributed by atoms with E-state index in [-0.39, 0.29) is 28.5 Å². The molecule has 8 heteroatoms. The summed E-state index contributed by atoms with van der Waals surface area (Å²) in [7, 11) is -3.30. The molecule has 0 saturated carbocycles. The zero-order valence-corrected chi connectivity index (χ0v) is 19.0. The summed E-state index contributed by atoms with van der Waals surface area (Å²) < 4.78 is 38.9. The number of thiazole rings is 1. The van der Waals surface area contributed by atoms with Crippen molar-refractivity contribution in [2.45, 2.75) is 24.8 Å². The number of carbonyl (C=O) groups is 1. The third-order valence-corrected chi connectivity index (χ3v) is 7.89. The lowest BCUT2D eigenvalue weighted by Crippen LogP contribution is -2.31. The molecule has 5 nitrogen and oxygen atoms in total. The Kier molecular flexibility index (Phi) is 6.34. The van der Waals surface area contributed by atoms with Crippen LogP contribution in [0.25, 0.3) is 10.2 Å². The standard InChI is InChI=1S/C24H21FN2O3S2/c1-2-32(29,30)19-13-11-17(12-14-19)15-22(28)27(16-18-7-4-3-5-8-18)24-26-23-20(25)9-6-10-21(23)31-24/h3-14H,2,15-16H2,1H3. The molecule has 1 aromatic heterocycles. The molecule has 0 fully saturated rings. The van der Waals surface area contributed by atoms with Gasteiger partial charge in [-0.25, -0.2) is 17.8 Å². The van der Waals surface area contributed by atoms with Gasteiger partial charge in [0.25, 0.3) is 0 Å². The van der Waals surface area contributed by atoms with E-state index < -0.39 is 15.7 Å². The predicted molar refractivity (Wildman–Crippen MR) is 125 cm³/mol. The third kappa shape index (κ3) is 4.71. The Balaban J connectivity index is 1.64. The lowest BCUT2D eigenvalue weighted by Gasteiger charge is -2.20. The van der Waals surface area contributed by atoms with Gasteiger partial charge in [0, 0.05) is 0 Å². The molecule has 0 N–H and O–H groups in total. The summed E-state index contributed by atoms with van der Waals surface area (Å²) in [6.07, 6.45) is 0.0672. The Hall–Kier alpha value is -3.10. The highest BCUT2D eigenvalue weighted by molar-refractivity contribution is 7.91. The average molecular weight is 469 g/mol. The van der Waals surface area contributed by atoms with Crippen LogP contribution in [0.1, 0.15) is 18.1 Å². The number of benzene rings is 3. The molecule has 0 aliphatic rings. The summed E-state index contributed by atoms with van der Waals surface area (Å²) in [4.78, 5) is 19.5. The number of hydrogen-bond donors (Lipinski definition) is 0. The lowest BCUT2D eigenvalue weighted by molar-refractivity contribution is -0.118. The Morgan fingerprint density at radius 1 is 0.969 bits per heavy atom. The topological polar surface area (TPSA) is 67.3 Å². The van der Waals surface area contributed by atoms with Gasteiger partial charge in [0.15, 0.2) is 15.0 Å². The minimum Gasteiger partial charge on any atom is -0.283 e. The molecule has 164 valence electrons.